The Morgan fingerprint density at radius 2 is 1.88 bits per heavy atom. The van der Waals surface area contributed by atoms with Gasteiger partial charge in [-0.2, -0.15) is 5.26 Å². The molecule has 6 nitrogen and oxygen atoms in total. The van der Waals surface area contributed by atoms with Gasteiger partial charge in [-0.25, -0.2) is 4.98 Å². The summed E-state index contributed by atoms with van der Waals surface area (Å²) in [5.41, 5.74) is 2.53. The zero-order chi connectivity index (χ0) is 23.2. The van der Waals surface area contributed by atoms with Gasteiger partial charge in [0.05, 0.1) is 39.7 Å². The summed E-state index contributed by atoms with van der Waals surface area (Å²) in [7, 11) is 1.75. The molecule has 164 valence electrons. The van der Waals surface area contributed by atoms with Crippen molar-refractivity contribution >= 4 is 50.8 Å². The molecule has 1 heterocycles. The average molecular weight is 473 g/mol. The highest BCUT2D eigenvalue weighted by molar-refractivity contribution is 8.00. The van der Waals surface area contributed by atoms with Crippen LogP contribution >= 0.6 is 23.1 Å². The summed E-state index contributed by atoms with van der Waals surface area (Å²) in [5, 5.41) is 12.7. The fourth-order valence-corrected chi connectivity index (χ4v) is 5.11. The predicted molar refractivity (Wildman–Crippen MR) is 132 cm³/mol. The fourth-order valence-electron chi connectivity index (χ4n) is 3.24. The van der Waals surface area contributed by atoms with Crippen molar-refractivity contribution in [3.05, 3.63) is 88.9 Å². The van der Waals surface area contributed by atoms with Crippen molar-refractivity contribution in [3.8, 4) is 6.07 Å². The molecule has 0 atom stereocenters. The van der Waals surface area contributed by atoms with E-state index in [0.29, 0.717) is 23.4 Å². The number of thiazole rings is 1. The normalized spacial score (nSPS) is 10.5. The third kappa shape index (κ3) is 5.58. The van der Waals surface area contributed by atoms with Crippen LogP contribution in [0.3, 0.4) is 0 Å². The van der Waals surface area contributed by atoms with E-state index in [1.807, 2.05) is 42.5 Å². The molecule has 0 aliphatic heterocycles. The topological polar surface area (TPSA) is 86.1 Å². The van der Waals surface area contributed by atoms with E-state index >= 15 is 0 Å². The molecule has 0 spiro atoms. The SMILES string of the molecule is CN(Cc1nc2ccccc2s1)C(=O)c1ccccc1SCC(=O)Nc1cccc(C#N)c1. The molecule has 1 aromatic heterocycles. The number of hydrogen-bond acceptors (Lipinski definition) is 6. The minimum Gasteiger partial charge on any atom is -0.335 e. The van der Waals surface area contributed by atoms with Crippen molar-refractivity contribution in [1.29, 1.82) is 5.26 Å². The number of rotatable bonds is 7. The number of amides is 2. The van der Waals surface area contributed by atoms with Gasteiger partial charge < -0.3 is 10.2 Å². The van der Waals surface area contributed by atoms with Crippen LogP contribution in [0, 0.1) is 11.3 Å². The first-order valence-electron chi connectivity index (χ1n) is 10.2. The highest BCUT2D eigenvalue weighted by Crippen LogP contribution is 2.26. The molecule has 2 amide bonds. The highest BCUT2D eigenvalue weighted by atomic mass is 32.2. The first-order chi connectivity index (χ1) is 16.0. The maximum atomic E-state index is 13.1. The predicted octanol–water partition coefficient (Wildman–Crippen LogP) is 5.17. The van der Waals surface area contributed by atoms with Gasteiger partial charge in [0.25, 0.3) is 5.91 Å². The van der Waals surface area contributed by atoms with Crippen LogP contribution in [0.2, 0.25) is 0 Å². The summed E-state index contributed by atoms with van der Waals surface area (Å²) in [6.45, 7) is 0.410. The van der Waals surface area contributed by atoms with Gasteiger partial charge >= 0.3 is 0 Å². The molecule has 0 aliphatic rings. The molecule has 0 saturated heterocycles. The van der Waals surface area contributed by atoms with Gasteiger partial charge in [-0.15, -0.1) is 23.1 Å². The van der Waals surface area contributed by atoms with Crippen LogP contribution < -0.4 is 5.32 Å². The third-order valence-electron chi connectivity index (χ3n) is 4.81. The van der Waals surface area contributed by atoms with Gasteiger partial charge in [0.2, 0.25) is 5.91 Å². The second kappa shape index (κ2) is 10.3. The minimum absolute atomic E-state index is 0.125. The first-order valence-corrected chi connectivity index (χ1v) is 12.0. The number of benzene rings is 3. The fraction of sp³-hybridized carbons (Fsp3) is 0.120. The van der Waals surface area contributed by atoms with Crippen molar-refractivity contribution in [3.63, 3.8) is 0 Å². The highest BCUT2D eigenvalue weighted by Gasteiger charge is 2.18. The van der Waals surface area contributed by atoms with Crippen LogP contribution in [-0.4, -0.2) is 34.5 Å². The molecule has 4 aromatic rings. The molecule has 3 aromatic carbocycles. The Morgan fingerprint density at radius 3 is 2.70 bits per heavy atom. The van der Waals surface area contributed by atoms with Gasteiger partial charge in [0, 0.05) is 17.6 Å². The molecule has 0 radical (unpaired) electrons. The maximum Gasteiger partial charge on any atom is 0.255 e. The molecule has 1 N–H and O–H groups in total. The first kappa shape index (κ1) is 22.5. The molecule has 4 rings (SSSR count). The minimum atomic E-state index is -0.208. The molecule has 0 unspecified atom stereocenters. The lowest BCUT2D eigenvalue weighted by atomic mass is 10.2. The number of fused-ring (bicyclic) bond motifs is 1. The summed E-state index contributed by atoms with van der Waals surface area (Å²) in [6, 6.07) is 24.0. The van der Waals surface area contributed by atoms with Crippen molar-refractivity contribution in [2.75, 3.05) is 18.1 Å². The number of thioether (sulfide) groups is 1. The van der Waals surface area contributed by atoms with Crippen LogP contribution in [-0.2, 0) is 11.3 Å². The Balaban J connectivity index is 1.41. The Labute approximate surface area is 199 Å². The summed E-state index contributed by atoms with van der Waals surface area (Å²) >= 11 is 2.88. The lowest BCUT2D eigenvalue weighted by molar-refractivity contribution is -0.113. The summed E-state index contributed by atoms with van der Waals surface area (Å²) in [6.07, 6.45) is 0. The smallest absolute Gasteiger partial charge is 0.255 e. The zero-order valence-corrected chi connectivity index (χ0v) is 19.5. The van der Waals surface area contributed by atoms with Crippen LogP contribution in [0.5, 0.6) is 0 Å². The number of nitriles is 1. The molecule has 0 aliphatic carbocycles. The standard InChI is InChI=1S/C25H20N4O2S2/c1-29(15-24-28-20-10-3-5-12-22(20)33-24)25(31)19-9-2-4-11-21(19)32-16-23(30)27-18-8-6-7-17(13-18)14-26/h2-13H,15-16H2,1H3,(H,27,30). The number of hydrogen-bond donors (Lipinski definition) is 1. The number of para-hydroxylation sites is 1. The summed E-state index contributed by atoms with van der Waals surface area (Å²) in [4.78, 5) is 32.5. The maximum absolute atomic E-state index is 13.1. The molecule has 0 fully saturated rings. The van der Waals surface area contributed by atoms with Crippen molar-refractivity contribution in [2.45, 2.75) is 11.4 Å². The van der Waals surface area contributed by atoms with E-state index in [4.69, 9.17) is 5.26 Å². The largest absolute Gasteiger partial charge is 0.335 e. The Morgan fingerprint density at radius 1 is 1.09 bits per heavy atom. The third-order valence-corrected chi connectivity index (χ3v) is 6.90. The van der Waals surface area contributed by atoms with Crippen LogP contribution in [0.4, 0.5) is 5.69 Å². The van der Waals surface area contributed by atoms with Crippen molar-refractivity contribution < 1.29 is 9.59 Å². The molecular formula is C25H20N4O2S2. The Hall–Kier alpha value is -3.67. The van der Waals surface area contributed by atoms with E-state index < -0.39 is 0 Å². The monoisotopic (exact) mass is 472 g/mol. The van der Waals surface area contributed by atoms with Crippen molar-refractivity contribution in [1.82, 2.24) is 9.88 Å². The lowest BCUT2D eigenvalue weighted by Gasteiger charge is -2.17. The van der Waals surface area contributed by atoms with Crippen molar-refractivity contribution in [2.24, 2.45) is 0 Å². The number of carbonyl (C=O) groups excluding carboxylic acids is 2. The van der Waals surface area contributed by atoms with E-state index in [1.165, 1.54) is 11.8 Å². The summed E-state index contributed by atoms with van der Waals surface area (Å²) in [5.74, 6) is -0.192. The van der Waals surface area contributed by atoms with E-state index in [0.717, 1.165) is 20.1 Å². The second-order valence-corrected chi connectivity index (χ2v) is 9.39. The van der Waals surface area contributed by atoms with Crippen LogP contribution in [0.1, 0.15) is 20.9 Å². The Kier molecular flexibility index (Phi) is 7.03. The summed E-state index contributed by atoms with van der Waals surface area (Å²) < 4.78 is 1.09. The number of nitrogens with one attached hydrogen (secondary N) is 1. The van der Waals surface area contributed by atoms with E-state index in [1.54, 1.807) is 53.6 Å². The van der Waals surface area contributed by atoms with Gasteiger partial charge in [-0.1, -0.05) is 30.3 Å². The quantitative estimate of drug-likeness (QED) is 0.375. The van der Waals surface area contributed by atoms with Crippen LogP contribution in [0.25, 0.3) is 10.2 Å². The van der Waals surface area contributed by atoms with Gasteiger partial charge in [0.1, 0.15) is 5.01 Å². The number of anilines is 1. The van der Waals surface area contributed by atoms with E-state index in [2.05, 4.69) is 16.4 Å². The zero-order valence-electron chi connectivity index (χ0n) is 17.8. The number of nitrogens with zero attached hydrogens (tertiary/aromatic N) is 3. The molecule has 33 heavy (non-hydrogen) atoms. The van der Waals surface area contributed by atoms with Gasteiger partial charge in [-0.05, 0) is 42.5 Å². The number of carbonyl (C=O) groups is 2. The lowest BCUT2D eigenvalue weighted by Crippen LogP contribution is -2.26. The molecule has 8 heteroatoms. The van der Waals surface area contributed by atoms with E-state index in [-0.39, 0.29) is 17.6 Å². The Bertz CT molecular complexity index is 1330. The van der Waals surface area contributed by atoms with E-state index in [9.17, 15) is 9.59 Å². The molecule has 0 saturated carbocycles. The average Bonchev–Trinajstić information content (AvgIpc) is 3.25. The van der Waals surface area contributed by atoms with Gasteiger partial charge in [0.15, 0.2) is 0 Å². The van der Waals surface area contributed by atoms with Crippen LogP contribution in [0.15, 0.2) is 77.7 Å². The molecular weight excluding hydrogens is 452 g/mol. The molecule has 0 bridgehead atoms. The number of aromatic nitrogens is 1. The second-order valence-electron chi connectivity index (χ2n) is 7.26. The van der Waals surface area contributed by atoms with Gasteiger partial charge in [-0.3, -0.25) is 9.59 Å².